The number of para-hydroxylation sites is 2. The van der Waals surface area contributed by atoms with Crippen molar-refractivity contribution in [1.29, 1.82) is 5.26 Å². The van der Waals surface area contributed by atoms with Crippen LogP contribution in [0.2, 0.25) is 10.0 Å². The SMILES string of the molecule is N#C/C(=C\c1cc(Cl)cc(Cl)c1OCc1cccc(F)c1)c1nc2ccccc2[nH]1. The summed E-state index contributed by atoms with van der Waals surface area (Å²) >= 11 is 12.5. The molecule has 1 heterocycles. The van der Waals surface area contributed by atoms with Gasteiger partial charge in [-0.25, -0.2) is 9.37 Å². The molecule has 0 amide bonds. The lowest BCUT2D eigenvalue weighted by molar-refractivity contribution is 0.305. The molecule has 4 nitrogen and oxygen atoms in total. The van der Waals surface area contributed by atoms with E-state index >= 15 is 0 Å². The Morgan fingerprint density at radius 1 is 1.13 bits per heavy atom. The summed E-state index contributed by atoms with van der Waals surface area (Å²) in [5.41, 5.74) is 3.02. The van der Waals surface area contributed by atoms with Crippen molar-refractivity contribution in [3.63, 3.8) is 0 Å². The summed E-state index contributed by atoms with van der Waals surface area (Å²) in [5.74, 6) is 0.412. The number of imidazole rings is 1. The largest absolute Gasteiger partial charge is 0.487 e. The number of nitrogens with zero attached hydrogens (tertiary/aromatic N) is 2. The molecule has 30 heavy (non-hydrogen) atoms. The number of rotatable bonds is 5. The fourth-order valence-electron chi connectivity index (χ4n) is 3.01. The standard InChI is InChI=1S/C23H14Cl2FN3O/c24-17-10-15(9-16(12-27)23-28-20-6-1-2-7-21(20)29-23)22(19(25)11-17)30-13-14-4-3-5-18(26)8-14/h1-11H,13H2,(H,28,29)/b16-9+. The van der Waals surface area contributed by atoms with Gasteiger partial charge < -0.3 is 9.72 Å². The van der Waals surface area contributed by atoms with Crippen LogP contribution in [-0.2, 0) is 6.61 Å². The van der Waals surface area contributed by atoms with Gasteiger partial charge in [0.2, 0.25) is 0 Å². The molecule has 0 fully saturated rings. The first-order valence-electron chi connectivity index (χ1n) is 8.96. The van der Waals surface area contributed by atoms with Gasteiger partial charge in [-0.15, -0.1) is 0 Å². The van der Waals surface area contributed by atoms with E-state index in [0.717, 1.165) is 11.0 Å². The molecule has 4 aromatic rings. The molecule has 0 aliphatic rings. The monoisotopic (exact) mass is 437 g/mol. The summed E-state index contributed by atoms with van der Waals surface area (Å²) < 4.78 is 19.3. The Labute approximate surface area is 182 Å². The van der Waals surface area contributed by atoms with Crippen LogP contribution < -0.4 is 4.74 Å². The molecule has 0 unspecified atom stereocenters. The highest BCUT2D eigenvalue weighted by atomic mass is 35.5. The van der Waals surface area contributed by atoms with E-state index < -0.39 is 0 Å². The maximum atomic E-state index is 13.4. The Morgan fingerprint density at radius 3 is 2.73 bits per heavy atom. The second-order valence-corrected chi connectivity index (χ2v) is 7.34. The normalized spacial score (nSPS) is 11.5. The van der Waals surface area contributed by atoms with Crippen molar-refractivity contribution in [3.05, 3.63) is 93.5 Å². The van der Waals surface area contributed by atoms with Crippen LogP contribution in [0.5, 0.6) is 5.75 Å². The number of hydrogen-bond acceptors (Lipinski definition) is 3. The third kappa shape index (κ3) is 4.30. The van der Waals surface area contributed by atoms with Crippen molar-refractivity contribution >= 4 is 45.9 Å². The van der Waals surface area contributed by atoms with E-state index in [1.165, 1.54) is 12.1 Å². The topological polar surface area (TPSA) is 61.7 Å². The Kier molecular flexibility index (Phi) is 5.71. The lowest BCUT2D eigenvalue weighted by Gasteiger charge is -2.12. The van der Waals surface area contributed by atoms with Gasteiger partial charge in [0.25, 0.3) is 0 Å². The van der Waals surface area contributed by atoms with Crippen LogP contribution >= 0.6 is 23.2 Å². The maximum absolute atomic E-state index is 13.4. The van der Waals surface area contributed by atoms with Gasteiger partial charge in [-0.2, -0.15) is 5.26 Å². The van der Waals surface area contributed by atoms with E-state index in [9.17, 15) is 9.65 Å². The number of allylic oxidation sites excluding steroid dienone is 1. The minimum absolute atomic E-state index is 0.104. The molecule has 0 aliphatic heterocycles. The number of fused-ring (bicyclic) bond motifs is 1. The molecule has 0 spiro atoms. The molecule has 1 N–H and O–H groups in total. The van der Waals surface area contributed by atoms with Crippen LogP contribution in [0.1, 0.15) is 17.0 Å². The van der Waals surface area contributed by atoms with Crippen molar-refractivity contribution in [1.82, 2.24) is 9.97 Å². The van der Waals surface area contributed by atoms with Gasteiger partial charge in [0.1, 0.15) is 30.1 Å². The van der Waals surface area contributed by atoms with Crippen LogP contribution in [0.3, 0.4) is 0 Å². The lowest BCUT2D eigenvalue weighted by Crippen LogP contribution is -1.99. The molecule has 0 bridgehead atoms. The Bertz CT molecular complexity index is 1270. The van der Waals surface area contributed by atoms with Crippen molar-refractivity contribution in [2.24, 2.45) is 0 Å². The average Bonchev–Trinajstić information content (AvgIpc) is 3.15. The summed E-state index contributed by atoms with van der Waals surface area (Å²) in [6.45, 7) is 0.104. The summed E-state index contributed by atoms with van der Waals surface area (Å²) in [7, 11) is 0. The zero-order chi connectivity index (χ0) is 21.1. The smallest absolute Gasteiger partial charge is 0.149 e. The van der Waals surface area contributed by atoms with E-state index in [1.54, 1.807) is 30.3 Å². The second-order valence-electron chi connectivity index (χ2n) is 6.50. The quantitative estimate of drug-likeness (QED) is 0.355. The number of H-pyrrole nitrogens is 1. The van der Waals surface area contributed by atoms with Crippen LogP contribution in [-0.4, -0.2) is 9.97 Å². The summed E-state index contributed by atoms with van der Waals surface area (Å²) in [5, 5.41) is 10.4. The summed E-state index contributed by atoms with van der Waals surface area (Å²) in [6.07, 6.45) is 1.61. The van der Waals surface area contributed by atoms with Gasteiger partial charge in [0, 0.05) is 10.6 Å². The molecule has 0 aliphatic carbocycles. The highest BCUT2D eigenvalue weighted by Gasteiger charge is 2.14. The minimum Gasteiger partial charge on any atom is -0.487 e. The summed E-state index contributed by atoms with van der Waals surface area (Å²) in [6, 6.07) is 18.9. The van der Waals surface area contributed by atoms with Gasteiger partial charge in [0.05, 0.1) is 21.6 Å². The molecule has 3 aromatic carbocycles. The number of benzene rings is 3. The molecule has 148 valence electrons. The van der Waals surface area contributed by atoms with Gasteiger partial charge in [-0.3, -0.25) is 0 Å². The first-order valence-corrected chi connectivity index (χ1v) is 9.72. The molecule has 0 radical (unpaired) electrons. The Balaban J connectivity index is 1.72. The van der Waals surface area contributed by atoms with E-state index in [2.05, 4.69) is 16.0 Å². The van der Waals surface area contributed by atoms with Crippen molar-refractivity contribution < 1.29 is 9.13 Å². The molecule has 4 rings (SSSR count). The van der Waals surface area contributed by atoms with Gasteiger partial charge in [0.15, 0.2) is 0 Å². The number of aromatic amines is 1. The van der Waals surface area contributed by atoms with Crippen LogP contribution in [0.15, 0.2) is 60.7 Å². The maximum Gasteiger partial charge on any atom is 0.149 e. The average molecular weight is 438 g/mol. The fourth-order valence-corrected chi connectivity index (χ4v) is 3.58. The predicted octanol–water partition coefficient (Wildman–Crippen LogP) is 6.65. The highest BCUT2D eigenvalue weighted by molar-refractivity contribution is 6.36. The third-order valence-electron chi connectivity index (χ3n) is 4.37. The van der Waals surface area contributed by atoms with E-state index in [-0.39, 0.29) is 17.4 Å². The number of aromatic nitrogens is 2. The molecule has 7 heteroatoms. The number of nitriles is 1. The number of nitrogens with one attached hydrogen (secondary N) is 1. The zero-order valence-electron chi connectivity index (χ0n) is 15.5. The van der Waals surface area contributed by atoms with Crippen molar-refractivity contribution in [2.75, 3.05) is 0 Å². The fraction of sp³-hybridized carbons (Fsp3) is 0.0435. The van der Waals surface area contributed by atoms with Gasteiger partial charge in [-0.05, 0) is 48.0 Å². The van der Waals surface area contributed by atoms with Gasteiger partial charge >= 0.3 is 0 Å². The number of hydrogen-bond donors (Lipinski definition) is 1. The minimum atomic E-state index is -0.352. The summed E-state index contributed by atoms with van der Waals surface area (Å²) in [4.78, 5) is 7.59. The van der Waals surface area contributed by atoms with E-state index in [4.69, 9.17) is 27.9 Å². The van der Waals surface area contributed by atoms with Crippen LogP contribution in [0.4, 0.5) is 4.39 Å². The van der Waals surface area contributed by atoms with E-state index in [1.807, 2.05) is 24.3 Å². The lowest BCUT2D eigenvalue weighted by atomic mass is 10.1. The highest BCUT2D eigenvalue weighted by Crippen LogP contribution is 2.35. The van der Waals surface area contributed by atoms with E-state index in [0.29, 0.717) is 33.3 Å². The molecule has 0 saturated carbocycles. The Hall–Kier alpha value is -3.33. The number of halogens is 3. The third-order valence-corrected chi connectivity index (χ3v) is 4.87. The molecule has 1 aromatic heterocycles. The first kappa shape index (κ1) is 20.0. The first-order chi connectivity index (χ1) is 14.5. The molecule has 0 saturated heterocycles. The zero-order valence-corrected chi connectivity index (χ0v) is 17.0. The van der Waals surface area contributed by atoms with Crippen molar-refractivity contribution in [3.8, 4) is 11.8 Å². The van der Waals surface area contributed by atoms with Gasteiger partial charge in [-0.1, -0.05) is 47.5 Å². The molecule has 0 atom stereocenters. The predicted molar refractivity (Wildman–Crippen MR) is 117 cm³/mol. The molecular formula is C23H14Cl2FN3O. The van der Waals surface area contributed by atoms with Crippen molar-refractivity contribution in [2.45, 2.75) is 6.61 Å². The second kappa shape index (κ2) is 8.58. The molecular weight excluding hydrogens is 424 g/mol. The van der Waals surface area contributed by atoms with Crippen LogP contribution in [0.25, 0.3) is 22.7 Å². The number of ether oxygens (including phenoxy) is 1. The Morgan fingerprint density at radius 2 is 1.97 bits per heavy atom. The van der Waals surface area contributed by atoms with Crippen LogP contribution in [0, 0.1) is 17.1 Å².